The first-order valence-electron chi connectivity index (χ1n) is 5.47. The maximum Gasteiger partial charge on any atom is 0.169 e. The number of hydrogen-bond donors (Lipinski definition) is 1. The smallest absolute Gasteiger partial charge is 0.169 e. The quantitative estimate of drug-likeness (QED) is 0.866. The number of aliphatic hydroxyl groups excluding tert-OH is 1. The molecule has 1 aromatic heterocycles. The van der Waals surface area contributed by atoms with Crippen LogP contribution in [0.2, 0.25) is 0 Å². The van der Waals surface area contributed by atoms with Gasteiger partial charge >= 0.3 is 0 Å². The number of aliphatic hydroxyl groups is 1. The van der Waals surface area contributed by atoms with Crippen molar-refractivity contribution in [2.24, 2.45) is 0 Å². The summed E-state index contributed by atoms with van der Waals surface area (Å²) in [6, 6.07) is 8.96. The van der Waals surface area contributed by atoms with Gasteiger partial charge in [0.25, 0.3) is 0 Å². The van der Waals surface area contributed by atoms with Crippen LogP contribution >= 0.6 is 31.9 Å². The van der Waals surface area contributed by atoms with Crippen LogP contribution in [0.1, 0.15) is 24.4 Å². The van der Waals surface area contributed by atoms with E-state index in [1.807, 2.05) is 25.1 Å². The van der Waals surface area contributed by atoms with Crippen molar-refractivity contribution in [3.63, 3.8) is 0 Å². The number of furan rings is 1. The summed E-state index contributed by atoms with van der Waals surface area (Å²) in [4.78, 5) is 0. The number of halogens is 2. The van der Waals surface area contributed by atoms with Gasteiger partial charge in [-0.1, -0.05) is 22.0 Å². The second-order valence-electron chi connectivity index (χ2n) is 3.66. The van der Waals surface area contributed by atoms with Crippen LogP contribution in [0.25, 0.3) is 0 Å². The first-order chi connectivity index (χ1) is 8.61. The zero-order valence-electron chi connectivity index (χ0n) is 9.69. The summed E-state index contributed by atoms with van der Waals surface area (Å²) in [5.74, 6) is 1.26. The van der Waals surface area contributed by atoms with Crippen LogP contribution in [0.5, 0.6) is 5.75 Å². The predicted molar refractivity (Wildman–Crippen MR) is 75.8 cm³/mol. The lowest BCUT2D eigenvalue weighted by atomic mass is 10.1. The molecule has 1 atom stereocenters. The molecule has 0 aliphatic heterocycles. The second kappa shape index (κ2) is 5.91. The lowest BCUT2D eigenvalue weighted by Gasteiger charge is -2.12. The van der Waals surface area contributed by atoms with Crippen LogP contribution in [-0.4, -0.2) is 11.7 Å². The third kappa shape index (κ3) is 2.96. The van der Waals surface area contributed by atoms with Crippen molar-refractivity contribution in [2.45, 2.75) is 13.0 Å². The van der Waals surface area contributed by atoms with Gasteiger partial charge in [0.15, 0.2) is 4.67 Å². The Kier molecular flexibility index (Phi) is 4.48. The van der Waals surface area contributed by atoms with Gasteiger partial charge in [-0.15, -0.1) is 0 Å². The molecule has 0 radical (unpaired) electrons. The Hall–Kier alpha value is -0.780. The molecule has 0 fully saturated rings. The molecule has 0 spiro atoms. The average molecular weight is 376 g/mol. The maximum atomic E-state index is 10.2. The predicted octanol–water partition coefficient (Wildman–Crippen LogP) is 4.29. The Morgan fingerprint density at radius 2 is 2.06 bits per heavy atom. The molecule has 1 unspecified atom stereocenters. The third-order valence-corrected chi connectivity index (χ3v) is 3.55. The molecule has 0 saturated carbocycles. The topological polar surface area (TPSA) is 42.6 Å². The minimum Gasteiger partial charge on any atom is -0.494 e. The minimum atomic E-state index is -0.804. The molecule has 2 rings (SSSR count). The van der Waals surface area contributed by atoms with Crippen molar-refractivity contribution in [3.8, 4) is 5.75 Å². The van der Waals surface area contributed by atoms with Crippen LogP contribution in [0.4, 0.5) is 0 Å². The lowest BCUT2D eigenvalue weighted by Crippen LogP contribution is -2.00. The van der Waals surface area contributed by atoms with E-state index in [1.165, 1.54) is 0 Å². The second-order valence-corrected chi connectivity index (χ2v) is 5.30. The molecule has 0 bridgehead atoms. The van der Waals surface area contributed by atoms with E-state index < -0.39 is 6.10 Å². The highest BCUT2D eigenvalue weighted by atomic mass is 79.9. The fraction of sp³-hybridized carbons (Fsp3) is 0.231. The molecule has 0 aliphatic carbocycles. The van der Waals surface area contributed by atoms with Gasteiger partial charge in [-0.25, -0.2) is 0 Å². The van der Waals surface area contributed by atoms with Crippen LogP contribution in [0.15, 0.2) is 43.9 Å². The maximum absolute atomic E-state index is 10.2. The Bertz CT molecular complexity index is 537. The van der Waals surface area contributed by atoms with Gasteiger partial charge in [0, 0.05) is 10.0 Å². The summed E-state index contributed by atoms with van der Waals surface area (Å²) in [5.41, 5.74) is 0.736. The monoisotopic (exact) mass is 374 g/mol. The molecule has 1 aromatic carbocycles. The van der Waals surface area contributed by atoms with Gasteiger partial charge in [0.1, 0.15) is 17.6 Å². The standard InChI is InChI=1S/C13H12Br2O3/c1-2-17-8-3-4-9(10(14)7-8)13(16)11-5-6-12(15)18-11/h3-7,13,16H,2H2,1H3. The number of hydrogen-bond acceptors (Lipinski definition) is 3. The lowest BCUT2D eigenvalue weighted by molar-refractivity contribution is 0.187. The Morgan fingerprint density at radius 1 is 1.28 bits per heavy atom. The summed E-state index contributed by atoms with van der Waals surface area (Å²) in [6.45, 7) is 2.54. The van der Waals surface area contributed by atoms with E-state index in [4.69, 9.17) is 9.15 Å². The molecule has 3 nitrogen and oxygen atoms in total. The molecule has 0 amide bonds. The Labute approximate surface area is 122 Å². The molecule has 1 heterocycles. The number of rotatable bonds is 4. The molecule has 0 aliphatic rings. The van der Waals surface area contributed by atoms with Crippen molar-refractivity contribution in [1.29, 1.82) is 0 Å². The molecule has 96 valence electrons. The van der Waals surface area contributed by atoms with E-state index in [-0.39, 0.29) is 0 Å². The highest BCUT2D eigenvalue weighted by Gasteiger charge is 2.17. The van der Waals surface area contributed by atoms with Gasteiger partial charge in [-0.3, -0.25) is 0 Å². The minimum absolute atomic E-state index is 0.492. The van der Waals surface area contributed by atoms with Gasteiger partial charge < -0.3 is 14.3 Å². The zero-order valence-corrected chi connectivity index (χ0v) is 12.9. The fourth-order valence-corrected chi connectivity index (χ4v) is 2.51. The van der Waals surface area contributed by atoms with Gasteiger partial charge in [-0.2, -0.15) is 0 Å². The van der Waals surface area contributed by atoms with E-state index in [0.29, 0.717) is 17.0 Å². The molecule has 18 heavy (non-hydrogen) atoms. The molecule has 1 N–H and O–H groups in total. The van der Waals surface area contributed by atoms with E-state index in [2.05, 4.69) is 31.9 Å². The van der Waals surface area contributed by atoms with Crippen molar-refractivity contribution in [3.05, 3.63) is 50.8 Å². The largest absolute Gasteiger partial charge is 0.494 e. The van der Waals surface area contributed by atoms with Crippen molar-refractivity contribution < 1.29 is 14.3 Å². The number of benzene rings is 1. The summed E-state index contributed by atoms with van der Waals surface area (Å²) in [6.07, 6.45) is -0.804. The fourth-order valence-electron chi connectivity index (χ4n) is 1.61. The van der Waals surface area contributed by atoms with Crippen molar-refractivity contribution in [1.82, 2.24) is 0 Å². The molecule has 5 heteroatoms. The van der Waals surface area contributed by atoms with Crippen LogP contribution < -0.4 is 4.74 Å². The Morgan fingerprint density at radius 3 is 2.61 bits per heavy atom. The van der Waals surface area contributed by atoms with E-state index >= 15 is 0 Å². The van der Waals surface area contributed by atoms with Crippen LogP contribution in [0, 0.1) is 0 Å². The summed E-state index contributed by atoms with van der Waals surface area (Å²) >= 11 is 6.64. The molecule has 0 saturated heterocycles. The summed E-state index contributed by atoms with van der Waals surface area (Å²) < 4.78 is 12.1. The summed E-state index contributed by atoms with van der Waals surface area (Å²) in [7, 11) is 0. The van der Waals surface area contributed by atoms with Gasteiger partial charge in [-0.05, 0) is 47.1 Å². The molecule has 2 aromatic rings. The normalized spacial score (nSPS) is 12.4. The van der Waals surface area contributed by atoms with E-state index in [0.717, 1.165) is 15.8 Å². The third-order valence-electron chi connectivity index (χ3n) is 2.44. The van der Waals surface area contributed by atoms with E-state index in [9.17, 15) is 5.11 Å². The highest BCUT2D eigenvalue weighted by Crippen LogP contribution is 2.32. The van der Waals surface area contributed by atoms with Crippen molar-refractivity contribution in [2.75, 3.05) is 6.61 Å². The molecular weight excluding hydrogens is 364 g/mol. The first kappa shape index (κ1) is 13.6. The zero-order chi connectivity index (χ0) is 13.1. The SMILES string of the molecule is CCOc1ccc(C(O)c2ccc(Br)o2)c(Br)c1. The Balaban J connectivity index is 2.28. The first-order valence-corrected chi connectivity index (χ1v) is 7.06. The van der Waals surface area contributed by atoms with Crippen LogP contribution in [-0.2, 0) is 0 Å². The number of ether oxygens (including phenoxy) is 1. The average Bonchev–Trinajstić information content (AvgIpc) is 2.76. The highest BCUT2D eigenvalue weighted by molar-refractivity contribution is 9.10. The van der Waals surface area contributed by atoms with E-state index in [1.54, 1.807) is 12.1 Å². The summed E-state index contributed by atoms with van der Waals surface area (Å²) in [5, 5.41) is 10.2. The van der Waals surface area contributed by atoms with Crippen molar-refractivity contribution >= 4 is 31.9 Å². The van der Waals surface area contributed by atoms with Gasteiger partial charge in [0.2, 0.25) is 0 Å². The van der Waals surface area contributed by atoms with Gasteiger partial charge in [0.05, 0.1) is 6.61 Å². The molecular formula is C13H12Br2O3. The van der Waals surface area contributed by atoms with Crippen LogP contribution in [0.3, 0.4) is 0 Å².